The third kappa shape index (κ3) is 5.18. The number of hydrogen-bond acceptors (Lipinski definition) is 3. The van der Waals surface area contributed by atoms with Crippen LogP contribution in [0, 0.1) is 0 Å². The zero-order valence-corrected chi connectivity index (χ0v) is 14.2. The molecule has 2 aromatic rings. The van der Waals surface area contributed by atoms with E-state index in [0.717, 1.165) is 18.8 Å². The van der Waals surface area contributed by atoms with E-state index in [4.69, 9.17) is 4.74 Å². The van der Waals surface area contributed by atoms with Gasteiger partial charge in [-0.2, -0.15) is 0 Å². The van der Waals surface area contributed by atoms with Gasteiger partial charge in [0.15, 0.2) is 0 Å². The van der Waals surface area contributed by atoms with E-state index in [9.17, 15) is 0 Å². The first-order valence-corrected chi connectivity index (χ1v) is 8.33. The number of nitrogens with one attached hydrogen (secondary N) is 1. The van der Waals surface area contributed by atoms with Crippen LogP contribution in [0.3, 0.4) is 0 Å². The van der Waals surface area contributed by atoms with Gasteiger partial charge < -0.3 is 10.1 Å². The van der Waals surface area contributed by atoms with Gasteiger partial charge in [0.2, 0.25) is 0 Å². The van der Waals surface area contributed by atoms with Gasteiger partial charge in [-0.3, -0.25) is 0 Å². The molecule has 21 heavy (non-hydrogen) atoms. The van der Waals surface area contributed by atoms with Crippen LogP contribution in [0.4, 0.5) is 0 Å². The van der Waals surface area contributed by atoms with Gasteiger partial charge in [-0.1, -0.05) is 39.0 Å². The van der Waals surface area contributed by atoms with E-state index in [1.54, 1.807) is 11.3 Å². The van der Waals surface area contributed by atoms with Gasteiger partial charge in [0, 0.05) is 18.0 Å². The lowest BCUT2D eigenvalue weighted by Crippen LogP contribution is -2.28. The fraction of sp³-hybridized carbons (Fsp3) is 0.444. The van der Waals surface area contributed by atoms with Gasteiger partial charge in [0.05, 0.1) is 0 Å². The topological polar surface area (TPSA) is 21.3 Å². The van der Waals surface area contributed by atoms with Crippen LogP contribution < -0.4 is 10.1 Å². The lowest BCUT2D eigenvalue weighted by Gasteiger charge is -2.21. The third-order valence-corrected chi connectivity index (χ3v) is 4.22. The molecule has 1 atom stereocenters. The molecule has 0 bridgehead atoms. The summed E-state index contributed by atoms with van der Waals surface area (Å²) in [7, 11) is 0. The van der Waals surface area contributed by atoms with Crippen LogP contribution in [0.5, 0.6) is 5.75 Å². The van der Waals surface area contributed by atoms with E-state index in [2.05, 4.69) is 68.7 Å². The Morgan fingerprint density at radius 2 is 2.00 bits per heavy atom. The molecule has 0 aliphatic rings. The van der Waals surface area contributed by atoms with Crippen molar-refractivity contribution < 1.29 is 4.74 Å². The summed E-state index contributed by atoms with van der Waals surface area (Å²) in [5.41, 5.74) is 1.46. The minimum Gasteiger partial charge on any atom is -0.489 e. The summed E-state index contributed by atoms with van der Waals surface area (Å²) in [5, 5.41) is 5.54. The highest BCUT2D eigenvalue weighted by Crippen LogP contribution is 2.26. The second-order valence-electron chi connectivity index (χ2n) is 6.42. The summed E-state index contributed by atoms with van der Waals surface area (Å²) in [4.78, 5) is 1.36. The normalized spacial score (nSPS) is 13.1. The van der Waals surface area contributed by atoms with Crippen LogP contribution in [-0.4, -0.2) is 12.6 Å². The minimum absolute atomic E-state index is 0.153. The van der Waals surface area contributed by atoms with Gasteiger partial charge in [-0.25, -0.2) is 0 Å². The molecule has 0 saturated heterocycles. The standard InChI is InChI=1S/C18H25NOS/c1-14(12-19-13-17-9-6-10-21-17)20-16-8-5-7-15(11-16)18(2,3)4/h5-11,14,19H,12-13H2,1-4H3. The second-order valence-corrected chi connectivity index (χ2v) is 7.45. The number of benzene rings is 1. The summed E-state index contributed by atoms with van der Waals surface area (Å²) in [6, 6.07) is 12.6. The second kappa shape index (κ2) is 7.10. The fourth-order valence-corrected chi connectivity index (χ4v) is 2.80. The largest absolute Gasteiger partial charge is 0.489 e. The van der Waals surface area contributed by atoms with Crippen molar-refractivity contribution in [1.82, 2.24) is 5.32 Å². The molecule has 1 N–H and O–H groups in total. The first-order valence-electron chi connectivity index (χ1n) is 7.45. The van der Waals surface area contributed by atoms with Gasteiger partial charge in [0.1, 0.15) is 11.9 Å². The lowest BCUT2D eigenvalue weighted by molar-refractivity contribution is 0.216. The van der Waals surface area contributed by atoms with E-state index < -0.39 is 0 Å². The quantitative estimate of drug-likeness (QED) is 0.842. The summed E-state index contributed by atoms with van der Waals surface area (Å²) < 4.78 is 6.01. The molecule has 1 aromatic heterocycles. The smallest absolute Gasteiger partial charge is 0.120 e. The maximum atomic E-state index is 6.01. The predicted molar refractivity (Wildman–Crippen MR) is 91.3 cm³/mol. The molecule has 1 aromatic carbocycles. The maximum Gasteiger partial charge on any atom is 0.120 e. The van der Waals surface area contributed by atoms with E-state index in [1.165, 1.54) is 10.4 Å². The molecule has 0 aliphatic carbocycles. The molecule has 0 aliphatic heterocycles. The summed E-state index contributed by atoms with van der Waals surface area (Å²) in [6.45, 7) is 10.5. The van der Waals surface area contributed by atoms with Crippen LogP contribution in [0.25, 0.3) is 0 Å². The van der Waals surface area contributed by atoms with Crippen molar-refractivity contribution in [3.63, 3.8) is 0 Å². The Bertz CT molecular complexity index is 543. The average Bonchev–Trinajstić information content (AvgIpc) is 2.91. The first kappa shape index (κ1) is 16.1. The fourth-order valence-electron chi connectivity index (χ4n) is 2.12. The molecule has 0 radical (unpaired) electrons. The van der Waals surface area contributed by atoms with Crippen molar-refractivity contribution in [3.8, 4) is 5.75 Å². The van der Waals surface area contributed by atoms with Gasteiger partial charge in [-0.05, 0) is 41.5 Å². The van der Waals surface area contributed by atoms with Crippen molar-refractivity contribution >= 4 is 11.3 Å². The molecule has 1 heterocycles. The molecule has 0 amide bonds. The summed E-state index contributed by atoms with van der Waals surface area (Å²) in [5.74, 6) is 0.952. The molecule has 114 valence electrons. The highest BCUT2D eigenvalue weighted by molar-refractivity contribution is 7.09. The Morgan fingerprint density at radius 1 is 1.19 bits per heavy atom. The Hall–Kier alpha value is -1.32. The monoisotopic (exact) mass is 303 g/mol. The van der Waals surface area contributed by atoms with Crippen molar-refractivity contribution in [2.24, 2.45) is 0 Å². The van der Waals surface area contributed by atoms with Crippen molar-refractivity contribution in [2.45, 2.75) is 45.8 Å². The predicted octanol–water partition coefficient (Wildman–Crippen LogP) is 4.60. The lowest BCUT2D eigenvalue weighted by atomic mass is 9.87. The van der Waals surface area contributed by atoms with Crippen LogP contribution in [0.15, 0.2) is 41.8 Å². The molecule has 1 unspecified atom stereocenters. The van der Waals surface area contributed by atoms with Crippen LogP contribution in [-0.2, 0) is 12.0 Å². The maximum absolute atomic E-state index is 6.01. The molecule has 0 fully saturated rings. The Labute approximate surface area is 132 Å². The highest BCUT2D eigenvalue weighted by atomic mass is 32.1. The van der Waals surface area contributed by atoms with E-state index in [1.807, 2.05) is 6.07 Å². The van der Waals surface area contributed by atoms with Crippen molar-refractivity contribution in [1.29, 1.82) is 0 Å². The van der Waals surface area contributed by atoms with E-state index in [-0.39, 0.29) is 11.5 Å². The van der Waals surface area contributed by atoms with Gasteiger partial charge >= 0.3 is 0 Å². The first-order chi connectivity index (χ1) is 9.95. The number of thiophene rings is 1. The third-order valence-electron chi connectivity index (χ3n) is 3.35. The molecule has 3 heteroatoms. The Kier molecular flexibility index (Phi) is 5.43. The van der Waals surface area contributed by atoms with E-state index in [0.29, 0.717) is 0 Å². The highest BCUT2D eigenvalue weighted by Gasteiger charge is 2.14. The minimum atomic E-state index is 0.153. The summed E-state index contributed by atoms with van der Waals surface area (Å²) in [6.07, 6.45) is 0.153. The van der Waals surface area contributed by atoms with Crippen LogP contribution in [0.1, 0.15) is 38.1 Å². The zero-order valence-electron chi connectivity index (χ0n) is 13.3. The molecular formula is C18H25NOS. The molecule has 2 nitrogen and oxygen atoms in total. The number of hydrogen-bond donors (Lipinski definition) is 1. The SMILES string of the molecule is CC(CNCc1cccs1)Oc1cccc(C(C)(C)C)c1. The number of rotatable bonds is 6. The Morgan fingerprint density at radius 3 is 2.67 bits per heavy atom. The van der Waals surface area contributed by atoms with E-state index >= 15 is 0 Å². The van der Waals surface area contributed by atoms with Gasteiger partial charge in [0.25, 0.3) is 0 Å². The molecule has 0 saturated carbocycles. The Balaban J connectivity index is 1.83. The van der Waals surface area contributed by atoms with Gasteiger partial charge in [-0.15, -0.1) is 11.3 Å². The zero-order chi connectivity index (χ0) is 15.3. The van der Waals surface area contributed by atoms with Crippen molar-refractivity contribution in [2.75, 3.05) is 6.54 Å². The average molecular weight is 303 g/mol. The molecule has 0 spiro atoms. The molecular weight excluding hydrogens is 278 g/mol. The van der Waals surface area contributed by atoms with Crippen LogP contribution >= 0.6 is 11.3 Å². The van der Waals surface area contributed by atoms with Crippen LogP contribution in [0.2, 0.25) is 0 Å². The summed E-state index contributed by atoms with van der Waals surface area (Å²) >= 11 is 1.78. The van der Waals surface area contributed by atoms with Crippen molar-refractivity contribution in [3.05, 3.63) is 52.2 Å². The number of ether oxygens (including phenoxy) is 1. The molecule has 2 rings (SSSR count).